The molecule has 100 valence electrons. The van der Waals surface area contributed by atoms with E-state index in [1.54, 1.807) is 0 Å². The van der Waals surface area contributed by atoms with Crippen molar-refractivity contribution < 1.29 is 4.42 Å². The molecule has 1 aromatic rings. The van der Waals surface area contributed by atoms with Gasteiger partial charge in [-0.05, 0) is 50.3 Å². The number of nitrogens with zero attached hydrogens (tertiary/aromatic N) is 1. The molecule has 1 aliphatic carbocycles. The molecule has 3 rings (SSSR count). The normalized spacial score (nSPS) is 25.5. The maximum Gasteiger partial charge on any atom is 0.118 e. The van der Waals surface area contributed by atoms with Crippen LogP contribution < -0.4 is 5.32 Å². The molecular weight excluding hydrogens is 224 g/mol. The van der Waals surface area contributed by atoms with Crippen LogP contribution in [0.4, 0.5) is 0 Å². The van der Waals surface area contributed by atoms with Gasteiger partial charge in [0.2, 0.25) is 0 Å². The van der Waals surface area contributed by atoms with Crippen LogP contribution in [-0.2, 0) is 13.1 Å². The van der Waals surface area contributed by atoms with Crippen molar-refractivity contribution >= 4 is 0 Å². The summed E-state index contributed by atoms with van der Waals surface area (Å²) in [6, 6.07) is 5.02. The summed E-state index contributed by atoms with van der Waals surface area (Å²) in [5.41, 5.74) is 0. The first-order chi connectivity index (χ1) is 8.79. The smallest absolute Gasteiger partial charge is 0.118 e. The van der Waals surface area contributed by atoms with E-state index in [9.17, 15) is 0 Å². The van der Waals surface area contributed by atoms with Gasteiger partial charge in [-0.3, -0.25) is 4.90 Å². The van der Waals surface area contributed by atoms with Crippen LogP contribution in [0.5, 0.6) is 0 Å². The van der Waals surface area contributed by atoms with Crippen molar-refractivity contribution in [2.75, 3.05) is 13.1 Å². The van der Waals surface area contributed by atoms with Crippen molar-refractivity contribution in [3.05, 3.63) is 23.7 Å². The fourth-order valence-electron chi connectivity index (χ4n) is 2.79. The zero-order chi connectivity index (χ0) is 12.4. The quantitative estimate of drug-likeness (QED) is 0.868. The third-order valence-corrected chi connectivity index (χ3v) is 3.98. The standard InChI is InChI=1S/C15H24N2O/c1-12-3-2-8-17(10-12)11-15-7-6-14(18-15)9-16-13-4-5-13/h6-7,12-13,16H,2-5,8-11H2,1H3. The second-order valence-electron chi connectivity index (χ2n) is 6.01. The highest BCUT2D eigenvalue weighted by molar-refractivity contribution is 5.07. The van der Waals surface area contributed by atoms with E-state index in [4.69, 9.17) is 4.42 Å². The zero-order valence-electron chi connectivity index (χ0n) is 11.3. The van der Waals surface area contributed by atoms with E-state index in [1.807, 2.05) is 0 Å². The second-order valence-corrected chi connectivity index (χ2v) is 6.01. The van der Waals surface area contributed by atoms with Crippen LogP contribution in [0, 0.1) is 5.92 Å². The molecule has 0 aromatic carbocycles. The molecule has 1 aliphatic heterocycles. The third-order valence-electron chi connectivity index (χ3n) is 3.98. The van der Waals surface area contributed by atoms with Gasteiger partial charge in [-0.25, -0.2) is 0 Å². The lowest BCUT2D eigenvalue weighted by atomic mass is 10.0. The van der Waals surface area contributed by atoms with E-state index in [0.29, 0.717) is 0 Å². The summed E-state index contributed by atoms with van der Waals surface area (Å²) in [7, 11) is 0. The van der Waals surface area contributed by atoms with Crippen molar-refractivity contribution in [2.45, 2.75) is 51.7 Å². The van der Waals surface area contributed by atoms with Crippen LogP contribution in [-0.4, -0.2) is 24.0 Å². The molecule has 0 radical (unpaired) electrons. The van der Waals surface area contributed by atoms with Gasteiger partial charge in [-0.2, -0.15) is 0 Å². The van der Waals surface area contributed by atoms with Gasteiger partial charge in [0.05, 0.1) is 13.1 Å². The summed E-state index contributed by atoms with van der Waals surface area (Å²) in [5, 5.41) is 3.49. The number of furan rings is 1. The summed E-state index contributed by atoms with van der Waals surface area (Å²) in [5.74, 6) is 3.04. The van der Waals surface area contributed by atoms with E-state index in [0.717, 1.165) is 36.6 Å². The molecule has 1 unspecified atom stereocenters. The number of likely N-dealkylation sites (tertiary alicyclic amines) is 1. The highest BCUT2D eigenvalue weighted by Gasteiger charge is 2.21. The molecule has 3 nitrogen and oxygen atoms in total. The SMILES string of the molecule is CC1CCCN(Cc2ccc(CNC3CC3)o2)C1. The fourth-order valence-corrected chi connectivity index (χ4v) is 2.79. The summed E-state index contributed by atoms with van der Waals surface area (Å²) in [6.07, 6.45) is 5.38. The summed E-state index contributed by atoms with van der Waals surface area (Å²) < 4.78 is 5.90. The topological polar surface area (TPSA) is 28.4 Å². The number of nitrogens with one attached hydrogen (secondary N) is 1. The Hall–Kier alpha value is -0.800. The monoisotopic (exact) mass is 248 g/mol. The predicted molar refractivity (Wildman–Crippen MR) is 72.2 cm³/mol. The zero-order valence-corrected chi connectivity index (χ0v) is 11.3. The molecule has 1 aromatic heterocycles. The lowest BCUT2D eigenvalue weighted by Crippen LogP contribution is -2.33. The Bertz CT molecular complexity index is 384. The Morgan fingerprint density at radius 2 is 2.11 bits per heavy atom. The van der Waals surface area contributed by atoms with Crippen molar-refractivity contribution in [3.63, 3.8) is 0 Å². The minimum absolute atomic E-state index is 0.751. The van der Waals surface area contributed by atoms with E-state index >= 15 is 0 Å². The average molecular weight is 248 g/mol. The summed E-state index contributed by atoms with van der Waals surface area (Å²) in [4.78, 5) is 2.52. The lowest BCUT2D eigenvalue weighted by molar-refractivity contribution is 0.164. The molecule has 0 spiro atoms. The molecule has 0 bridgehead atoms. The van der Waals surface area contributed by atoms with Crippen molar-refractivity contribution in [3.8, 4) is 0 Å². The van der Waals surface area contributed by atoms with Gasteiger partial charge in [0, 0.05) is 12.6 Å². The van der Waals surface area contributed by atoms with E-state index in [1.165, 1.54) is 38.8 Å². The molecule has 0 amide bonds. The van der Waals surface area contributed by atoms with Crippen LogP contribution in [0.1, 0.15) is 44.1 Å². The Kier molecular flexibility index (Phi) is 3.71. The van der Waals surface area contributed by atoms with Gasteiger partial charge in [0.15, 0.2) is 0 Å². The molecule has 2 fully saturated rings. The van der Waals surface area contributed by atoms with E-state index < -0.39 is 0 Å². The molecule has 1 N–H and O–H groups in total. The van der Waals surface area contributed by atoms with Crippen molar-refractivity contribution in [1.29, 1.82) is 0 Å². The lowest BCUT2D eigenvalue weighted by Gasteiger charge is -2.29. The number of hydrogen-bond donors (Lipinski definition) is 1. The molecular formula is C15H24N2O. The summed E-state index contributed by atoms with van der Waals surface area (Å²) in [6.45, 7) is 6.66. The Morgan fingerprint density at radius 3 is 2.89 bits per heavy atom. The second kappa shape index (κ2) is 5.45. The van der Waals surface area contributed by atoms with Crippen LogP contribution in [0.15, 0.2) is 16.5 Å². The van der Waals surface area contributed by atoms with E-state index in [-0.39, 0.29) is 0 Å². The number of piperidine rings is 1. The maximum atomic E-state index is 5.90. The van der Waals surface area contributed by atoms with Crippen molar-refractivity contribution in [1.82, 2.24) is 10.2 Å². The summed E-state index contributed by atoms with van der Waals surface area (Å²) >= 11 is 0. The molecule has 2 aliphatic rings. The molecule has 1 saturated heterocycles. The van der Waals surface area contributed by atoms with Gasteiger partial charge < -0.3 is 9.73 Å². The number of rotatable bonds is 5. The van der Waals surface area contributed by atoms with Gasteiger partial charge >= 0.3 is 0 Å². The molecule has 2 heterocycles. The molecule has 3 heteroatoms. The van der Waals surface area contributed by atoms with E-state index in [2.05, 4.69) is 29.3 Å². The van der Waals surface area contributed by atoms with Crippen LogP contribution in [0.25, 0.3) is 0 Å². The van der Waals surface area contributed by atoms with Gasteiger partial charge in [-0.1, -0.05) is 6.92 Å². The highest BCUT2D eigenvalue weighted by atomic mass is 16.3. The average Bonchev–Trinajstić information content (AvgIpc) is 3.08. The first kappa shape index (κ1) is 12.2. The Morgan fingerprint density at radius 1 is 1.28 bits per heavy atom. The maximum absolute atomic E-state index is 5.90. The first-order valence-corrected chi connectivity index (χ1v) is 7.33. The largest absolute Gasteiger partial charge is 0.463 e. The van der Waals surface area contributed by atoms with Crippen LogP contribution in [0.2, 0.25) is 0 Å². The third kappa shape index (κ3) is 3.36. The van der Waals surface area contributed by atoms with Crippen LogP contribution in [0.3, 0.4) is 0 Å². The van der Waals surface area contributed by atoms with Crippen LogP contribution >= 0.6 is 0 Å². The molecule has 1 saturated carbocycles. The van der Waals surface area contributed by atoms with Gasteiger partial charge in [0.1, 0.15) is 11.5 Å². The van der Waals surface area contributed by atoms with Gasteiger partial charge in [0.25, 0.3) is 0 Å². The Labute approximate surface area is 110 Å². The fraction of sp³-hybridized carbons (Fsp3) is 0.733. The Balaban J connectivity index is 1.49. The highest BCUT2D eigenvalue weighted by Crippen LogP contribution is 2.21. The minimum atomic E-state index is 0.751. The predicted octanol–water partition coefficient (Wildman–Crippen LogP) is 2.76. The molecule has 1 atom stereocenters. The van der Waals surface area contributed by atoms with Crippen molar-refractivity contribution in [2.24, 2.45) is 5.92 Å². The van der Waals surface area contributed by atoms with Gasteiger partial charge in [-0.15, -0.1) is 0 Å². The minimum Gasteiger partial charge on any atom is -0.463 e. The number of hydrogen-bond acceptors (Lipinski definition) is 3. The molecule has 18 heavy (non-hydrogen) atoms. The first-order valence-electron chi connectivity index (χ1n) is 7.33.